The summed E-state index contributed by atoms with van der Waals surface area (Å²) in [6, 6.07) is 9.87. The van der Waals surface area contributed by atoms with Crippen molar-refractivity contribution in [3.63, 3.8) is 0 Å². The van der Waals surface area contributed by atoms with Gasteiger partial charge in [-0.2, -0.15) is 9.97 Å². The Hall–Kier alpha value is -3.83. The van der Waals surface area contributed by atoms with Crippen molar-refractivity contribution in [2.24, 2.45) is 17.8 Å². The van der Waals surface area contributed by atoms with E-state index in [1.54, 1.807) is 0 Å². The molecule has 9 rings (SSSR count). The van der Waals surface area contributed by atoms with E-state index < -0.39 is 0 Å². The number of aromatic nitrogens is 2. The smallest absolute Gasteiger partial charge is 0.409 e. The number of amides is 1. The molecule has 4 aliphatic heterocycles. The SMILES string of the molecule is C#Cc1c(C)ccc2c1[C@H](c1ccc3c(N4CC5CCC(C5)C4)nc(OCC45CCCN4C(COC(=O)N4CCCCC4)CC5)nc3c1C)C[C@H](C)C2. The van der Waals surface area contributed by atoms with E-state index in [0.29, 0.717) is 25.1 Å². The van der Waals surface area contributed by atoms with Gasteiger partial charge >= 0.3 is 12.1 Å². The van der Waals surface area contributed by atoms with Gasteiger partial charge in [-0.15, -0.1) is 6.42 Å². The number of piperidine rings is 2. The molecular weight excluding hydrogens is 659 g/mol. The average Bonchev–Trinajstić information content (AvgIpc) is 3.85. The lowest BCUT2D eigenvalue weighted by Crippen LogP contribution is -2.48. The molecule has 6 atom stereocenters. The second-order valence-electron chi connectivity index (χ2n) is 17.7. The van der Waals surface area contributed by atoms with Crippen LogP contribution in [0.25, 0.3) is 10.9 Å². The standard InChI is InChI=1S/C45H57N5O3/c1-5-36-30(3)10-13-34-22-29(2)23-39(40(34)36)37-14-15-38-41(31(37)4)46-43(47-42(38)49-25-32-11-12-33(24-32)26-49)53-28-45-17-9-21-50(45)35(16-18-45)27-52-44(51)48-19-7-6-8-20-48/h1,10,13-15,29,32-33,35,39H,6-9,11-12,16-28H2,2-4H3/t29-,32?,33?,35?,39+,45?/m1/s1. The van der Waals surface area contributed by atoms with Crippen molar-refractivity contribution in [2.75, 3.05) is 50.8 Å². The van der Waals surface area contributed by atoms with E-state index in [1.807, 2.05) is 4.90 Å². The second-order valence-corrected chi connectivity index (χ2v) is 17.7. The Morgan fingerprint density at radius 2 is 1.77 bits per heavy atom. The van der Waals surface area contributed by atoms with Crippen molar-refractivity contribution in [1.29, 1.82) is 0 Å². The van der Waals surface area contributed by atoms with Crippen LogP contribution in [0.1, 0.15) is 117 Å². The van der Waals surface area contributed by atoms with Crippen LogP contribution >= 0.6 is 0 Å². The summed E-state index contributed by atoms with van der Waals surface area (Å²) >= 11 is 0. The van der Waals surface area contributed by atoms with Crippen molar-refractivity contribution >= 4 is 22.8 Å². The third-order valence-corrected chi connectivity index (χ3v) is 14.2. The van der Waals surface area contributed by atoms with Gasteiger partial charge in [-0.1, -0.05) is 31.0 Å². The largest absolute Gasteiger partial charge is 0.461 e. The van der Waals surface area contributed by atoms with Crippen molar-refractivity contribution in [2.45, 2.75) is 115 Å². The number of carbonyl (C=O) groups is 1. The van der Waals surface area contributed by atoms with Gasteiger partial charge in [-0.05, 0) is 149 Å². The van der Waals surface area contributed by atoms with Gasteiger partial charge in [0.1, 0.15) is 19.0 Å². The highest BCUT2D eigenvalue weighted by Crippen LogP contribution is 2.46. The molecule has 53 heavy (non-hydrogen) atoms. The molecular formula is C45H57N5O3. The minimum Gasteiger partial charge on any atom is -0.461 e. The summed E-state index contributed by atoms with van der Waals surface area (Å²) in [6.07, 6.45) is 19.8. The number of ether oxygens (including phenoxy) is 2. The molecule has 0 N–H and O–H groups in total. The van der Waals surface area contributed by atoms with E-state index in [2.05, 4.69) is 60.8 Å². The first-order valence-electron chi connectivity index (χ1n) is 20.8. The molecule has 1 saturated carbocycles. The molecule has 6 aliphatic rings. The Kier molecular flexibility index (Phi) is 9.29. The molecule has 2 aliphatic carbocycles. The molecule has 5 heterocycles. The van der Waals surface area contributed by atoms with Crippen molar-refractivity contribution in [3.05, 3.63) is 57.6 Å². The van der Waals surface area contributed by atoms with Crippen molar-refractivity contribution in [3.8, 4) is 18.4 Å². The molecule has 0 radical (unpaired) electrons. The van der Waals surface area contributed by atoms with Gasteiger partial charge in [0.05, 0.1) is 11.1 Å². The Morgan fingerprint density at radius 3 is 2.57 bits per heavy atom. The summed E-state index contributed by atoms with van der Waals surface area (Å²) in [7, 11) is 0. The van der Waals surface area contributed by atoms with Crippen molar-refractivity contribution < 1.29 is 14.3 Å². The molecule has 1 aromatic heterocycles. The van der Waals surface area contributed by atoms with Gasteiger partial charge in [0, 0.05) is 49.1 Å². The van der Waals surface area contributed by atoms with Gasteiger partial charge < -0.3 is 19.3 Å². The van der Waals surface area contributed by atoms with Crippen LogP contribution in [0, 0.1) is 43.9 Å². The van der Waals surface area contributed by atoms with E-state index >= 15 is 0 Å². The lowest BCUT2D eigenvalue weighted by atomic mass is 9.71. The first-order valence-corrected chi connectivity index (χ1v) is 20.8. The fourth-order valence-electron chi connectivity index (χ4n) is 11.5. The third kappa shape index (κ3) is 6.35. The summed E-state index contributed by atoms with van der Waals surface area (Å²) in [5, 5.41) is 1.13. The monoisotopic (exact) mass is 715 g/mol. The third-order valence-electron chi connectivity index (χ3n) is 14.2. The Balaban J connectivity index is 1.03. The van der Waals surface area contributed by atoms with Gasteiger partial charge in [-0.25, -0.2) is 4.79 Å². The number of aryl methyl sites for hydroxylation is 2. The van der Waals surface area contributed by atoms with Crippen LogP contribution in [0.3, 0.4) is 0 Å². The van der Waals surface area contributed by atoms with Crippen LogP contribution in [0.4, 0.5) is 10.6 Å². The average molecular weight is 716 g/mol. The van der Waals surface area contributed by atoms with Gasteiger partial charge in [-0.3, -0.25) is 4.90 Å². The number of carbonyl (C=O) groups excluding carboxylic acids is 1. The minimum atomic E-state index is -0.146. The predicted octanol–water partition coefficient (Wildman–Crippen LogP) is 8.18. The van der Waals surface area contributed by atoms with Gasteiger partial charge in [0.15, 0.2) is 0 Å². The number of fused-ring (bicyclic) bond motifs is 5. The molecule has 2 aromatic carbocycles. The summed E-state index contributed by atoms with van der Waals surface area (Å²) in [5.41, 5.74) is 8.43. The van der Waals surface area contributed by atoms with Gasteiger partial charge in [0.25, 0.3) is 0 Å². The first kappa shape index (κ1) is 34.9. The van der Waals surface area contributed by atoms with Crippen LogP contribution in [0.5, 0.6) is 6.01 Å². The van der Waals surface area contributed by atoms with E-state index in [1.165, 1.54) is 53.5 Å². The number of terminal acetylenes is 1. The van der Waals surface area contributed by atoms with E-state index in [-0.39, 0.29) is 23.6 Å². The predicted molar refractivity (Wildman–Crippen MR) is 210 cm³/mol. The van der Waals surface area contributed by atoms with E-state index in [9.17, 15) is 4.79 Å². The molecule has 8 heteroatoms. The van der Waals surface area contributed by atoms with Crippen LogP contribution in [0.15, 0.2) is 24.3 Å². The number of rotatable bonds is 7. The zero-order valence-corrected chi connectivity index (χ0v) is 32.2. The topological polar surface area (TPSA) is 71.0 Å². The molecule has 3 aromatic rings. The summed E-state index contributed by atoms with van der Waals surface area (Å²) in [6.45, 7) is 12.5. The maximum absolute atomic E-state index is 12.9. The van der Waals surface area contributed by atoms with Gasteiger partial charge in [0.2, 0.25) is 0 Å². The second kappa shape index (κ2) is 14.1. The van der Waals surface area contributed by atoms with Crippen LogP contribution in [-0.2, 0) is 11.2 Å². The maximum atomic E-state index is 12.9. The summed E-state index contributed by atoms with van der Waals surface area (Å²) in [4.78, 5) is 30.4. The molecule has 1 amide bonds. The Bertz CT molecular complexity index is 1920. The number of hydrogen-bond donors (Lipinski definition) is 0. The highest BCUT2D eigenvalue weighted by molar-refractivity contribution is 5.93. The zero-order valence-electron chi connectivity index (χ0n) is 32.2. The number of nitrogens with zero attached hydrogens (tertiary/aromatic N) is 5. The molecule has 4 unspecified atom stereocenters. The molecule has 8 nitrogen and oxygen atoms in total. The lowest BCUT2D eigenvalue weighted by molar-refractivity contribution is 0.0420. The summed E-state index contributed by atoms with van der Waals surface area (Å²) in [5.74, 6) is 6.37. The molecule has 5 fully saturated rings. The van der Waals surface area contributed by atoms with Crippen molar-refractivity contribution in [1.82, 2.24) is 19.8 Å². The number of anilines is 1. The summed E-state index contributed by atoms with van der Waals surface area (Å²) < 4.78 is 12.7. The van der Waals surface area contributed by atoms with Crippen LogP contribution in [0.2, 0.25) is 0 Å². The molecule has 280 valence electrons. The van der Waals surface area contributed by atoms with Crippen LogP contribution < -0.4 is 9.64 Å². The maximum Gasteiger partial charge on any atom is 0.409 e. The highest BCUT2D eigenvalue weighted by Gasteiger charge is 2.50. The lowest BCUT2D eigenvalue weighted by Gasteiger charge is -2.35. The molecule has 0 spiro atoms. The van der Waals surface area contributed by atoms with Crippen LogP contribution in [-0.4, -0.2) is 83.4 Å². The fraction of sp³-hybridized carbons (Fsp3) is 0.622. The highest BCUT2D eigenvalue weighted by atomic mass is 16.6. The quantitative estimate of drug-likeness (QED) is 0.229. The van der Waals surface area contributed by atoms with E-state index in [0.717, 1.165) is 118 Å². The zero-order chi connectivity index (χ0) is 36.3. The Labute approximate surface area is 316 Å². The normalized spacial score (nSPS) is 29.6. The number of hydrogen-bond acceptors (Lipinski definition) is 7. The van der Waals surface area contributed by atoms with E-state index in [4.69, 9.17) is 25.9 Å². The molecule has 4 saturated heterocycles. The minimum absolute atomic E-state index is 0.0762. The number of benzene rings is 2. The number of likely N-dealkylation sites (tertiary alicyclic amines) is 1. The molecule has 2 bridgehead atoms. The Morgan fingerprint density at radius 1 is 0.962 bits per heavy atom. The first-order chi connectivity index (χ1) is 25.8. The fourth-order valence-corrected chi connectivity index (χ4v) is 11.5.